The molecule has 0 unspecified atom stereocenters. The molecule has 0 aromatic rings. The molecule has 0 aromatic heterocycles. The van der Waals surface area contributed by atoms with Crippen molar-refractivity contribution in [2.45, 2.75) is 72.9 Å². The zero-order chi connectivity index (χ0) is 15.5. The standard InChI is InChI=1S/C14H24N2O2.C2H6/c1-10(2)15-7-5-14(6-8-15)9-12(17)16(11(3)4)13(14)18;1-2/h10-11H,5-9H2,1-4H3;1-2H3. The summed E-state index contributed by atoms with van der Waals surface area (Å²) in [6, 6.07) is 0.517. The second-order valence-corrected chi connectivity index (χ2v) is 6.25. The van der Waals surface area contributed by atoms with E-state index in [0.29, 0.717) is 12.5 Å². The highest BCUT2D eigenvalue weighted by atomic mass is 16.2. The van der Waals surface area contributed by atoms with Crippen LogP contribution >= 0.6 is 0 Å². The molecule has 2 fully saturated rings. The average Bonchev–Trinajstić information content (AvgIpc) is 2.64. The molecule has 0 aromatic carbocycles. The van der Waals surface area contributed by atoms with Crippen molar-refractivity contribution < 1.29 is 9.59 Å². The maximum absolute atomic E-state index is 12.5. The summed E-state index contributed by atoms with van der Waals surface area (Å²) in [4.78, 5) is 28.4. The molecule has 2 amide bonds. The van der Waals surface area contributed by atoms with Crippen LogP contribution in [0.3, 0.4) is 0 Å². The summed E-state index contributed by atoms with van der Waals surface area (Å²) in [6.07, 6.45) is 2.09. The van der Waals surface area contributed by atoms with Gasteiger partial charge in [-0.15, -0.1) is 0 Å². The number of hydrogen-bond acceptors (Lipinski definition) is 3. The normalized spacial score (nSPS) is 22.7. The molecule has 4 nitrogen and oxygen atoms in total. The zero-order valence-corrected chi connectivity index (χ0v) is 13.9. The van der Waals surface area contributed by atoms with Crippen LogP contribution in [0.25, 0.3) is 0 Å². The van der Waals surface area contributed by atoms with Gasteiger partial charge in [-0.1, -0.05) is 13.8 Å². The Balaban J connectivity index is 0.000000956. The van der Waals surface area contributed by atoms with Crippen LogP contribution in [0.15, 0.2) is 0 Å². The summed E-state index contributed by atoms with van der Waals surface area (Å²) < 4.78 is 0. The topological polar surface area (TPSA) is 40.6 Å². The molecule has 0 saturated carbocycles. The fourth-order valence-corrected chi connectivity index (χ4v) is 3.20. The van der Waals surface area contributed by atoms with Crippen molar-refractivity contribution in [2.24, 2.45) is 5.41 Å². The highest BCUT2D eigenvalue weighted by molar-refractivity contribution is 6.06. The monoisotopic (exact) mass is 282 g/mol. The van der Waals surface area contributed by atoms with Crippen LogP contribution in [-0.4, -0.2) is 46.8 Å². The summed E-state index contributed by atoms with van der Waals surface area (Å²) in [6.45, 7) is 14.1. The lowest BCUT2D eigenvalue weighted by Gasteiger charge is -2.39. The number of nitrogens with zero attached hydrogens (tertiary/aromatic N) is 2. The van der Waals surface area contributed by atoms with E-state index in [4.69, 9.17) is 0 Å². The SMILES string of the molecule is CC.CC(C)N1CCC2(CC1)CC(=O)N(C(C)C)C2=O. The van der Waals surface area contributed by atoms with Crippen molar-refractivity contribution in [1.82, 2.24) is 9.80 Å². The van der Waals surface area contributed by atoms with Crippen molar-refractivity contribution in [3.05, 3.63) is 0 Å². The number of amides is 2. The van der Waals surface area contributed by atoms with Crippen LogP contribution in [-0.2, 0) is 9.59 Å². The number of piperidine rings is 1. The van der Waals surface area contributed by atoms with Gasteiger partial charge in [0, 0.05) is 18.5 Å². The molecule has 1 spiro atoms. The highest BCUT2D eigenvalue weighted by Crippen LogP contribution is 2.43. The van der Waals surface area contributed by atoms with E-state index in [9.17, 15) is 9.59 Å². The molecule has 2 heterocycles. The zero-order valence-electron chi connectivity index (χ0n) is 13.9. The molecule has 116 valence electrons. The van der Waals surface area contributed by atoms with Gasteiger partial charge in [-0.05, 0) is 53.6 Å². The summed E-state index contributed by atoms with van der Waals surface area (Å²) >= 11 is 0. The number of rotatable bonds is 2. The third-order valence-electron chi connectivity index (χ3n) is 4.43. The molecule has 2 rings (SSSR count). The van der Waals surface area contributed by atoms with E-state index >= 15 is 0 Å². The molecule has 4 heteroatoms. The van der Waals surface area contributed by atoms with E-state index in [-0.39, 0.29) is 23.3 Å². The first-order valence-corrected chi connectivity index (χ1v) is 7.98. The lowest BCUT2D eigenvalue weighted by atomic mass is 9.76. The largest absolute Gasteiger partial charge is 0.301 e. The third kappa shape index (κ3) is 3.05. The summed E-state index contributed by atoms with van der Waals surface area (Å²) in [7, 11) is 0. The predicted molar refractivity (Wildman–Crippen MR) is 81.3 cm³/mol. The van der Waals surface area contributed by atoms with E-state index in [0.717, 1.165) is 25.9 Å². The van der Waals surface area contributed by atoms with Gasteiger partial charge in [0.25, 0.3) is 0 Å². The van der Waals surface area contributed by atoms with Gasteiger partial charge in [0.15, 0.2) is 0 Å². The second-order valence-electron chi connectivity index (χ2n) is 6.25. The smallest absolute Gasteiger partial charge is 0.236 e. The minimum atomic E-state index is -0.382. The lowest BCUT2D eigenvalue weighted by molar-refractivity contribution is -0.144. The van der Waals surface area contributed by atoms with Crippen molar-refractivity contribution in [2.75, 3.05) is 13.1 Å². The Morgan fingerprint density at radius 1 is 0.950 bits per heavy atom. The van der Waals surface area contributed by atoms with Gasteiger partial charge >= 0.3 is 0 Å². The second kappa shape index (κ2) is 6.70. The molecule has 0 aliphatic carbocycles. The number of hydrogen-bond donors (Lipinski definition) is 0. The first-order chi connectivity index (χ1) is 9.37. The van der Waals surface area contributed by atoms with E-state index in [2.05, 4.69) is 18.7 Å². The van der Waals surface area contributed by atoms with Gasteiger partial charge < -0.3 is 4.90 Å². The molecule has 0 bridgehead atoms. The highest BCUT2D eigenvalue weighted by Gasteiger charge is 2.53. The maximum atomic E-state index is 12.5. The number of likely N-dealkylation sites (tertiary alicyclic amines) is 2. The Morgan fingerprint density at radius 3 is 1.80 bits per heavy atom. The van der Waals surface area contributed by atoms with Gasteiger partial charge in [0.2, 0.25) is 11.8 Å². The Hall–Kier alpha value is -0.900. The van der Waals surface area contributed by atoms with Crippen LogP contribution < -0.4 is 0 Å². The van der Waals surface area contributed by atoms with Crippen molar-refractivity contribution >= 4 is 11.8 Å². The van der Waals surface area contributed by atoms with Gasteiger partial charge in [0.05, 0.1) is 5.41 Å². The molecule has 2 saturated heterocycles. The predicted octanol–water partition coefficient (Wildman–Crippen LogP) is 2.67. The van der Waals surface area contributed by atoms with E-state index < -0.39 is 0 Å². The Kier molecular flexibility index (Phi) is 5.75. The molecule has 2 aliphatic rings. The lowest BCUT2D eigenvalue weighted by Crippen LogP contribution is -2.47. The summed E-state index contributed by atoms with van der Waals surface area (Å²) in [5.74, 6) is 0.0962. The summed E-state index contributed by atoms with van der Waals surface area (Å²) in [5, 5.41) is 0. The summed E-state index contributed by atoms with van der Waals surface area (Å²) in [5.41, 5.74) is -0.382. The van der Waals surface area contributed by atoms with Crippen LogP contribution in [0.1, 0.15) is 60.8 Å². The molecule has 0 atom stereocenters. The minimum absolute atomic E-state index is 0.00694. The number of carbonyl (C=O) groups excluding carboxylic acids is 2. The first-order valence-electron chi connectivity index (χ1n) is 7.98. The van der Waals surface area contributed by atoms with Gasteiger partial charge in [-0.3, -0.25) is 14.5 Å². The van der Waals surface area contributed by atoms with Crippen LogP contribution in [0.4, 0.5) is 0 Å². The van der Waals surface area contributed by atoms with Crippen molar-refractivity contribution in [3.8, 4) is 0 Å². The molecule has 0 radical (unpaired) electrons. The molecule has 20 heavy (non-hydrogen) atoms. The minimum Gasteiger partial charge on any atom is -0.301 e. The Morgan fingerprint density at radius 2 is 1.45 bits per heavy atom. The van der Waals surface area contributed by atoms with E-state index in [1.165, 1.54) is 4.90 Å². The Bertz CT molecular complexity index is 355. The van der Waals surface area contributed by atoms with E-state index in [1.807, 2.05) is 27.7 Å². The van der Waals surface area contributed by atoms with Crippen LogP contribution in [0.2, 0.25) is 0 Å². The van der Waals surface area contributed by atoms with Crippen LogP contribution in [0.5, 0.6) is 0 Å². The van der Waals surface area contributed by atoms with Gasteiger partial charge in [0.1, 0.15) is 0 Å². The fourth-order valence-electron chi connectivity index (χ4n) is 3.20. The first kappa shape index (κ1) is 17.2. The van der Waals surface area contributed by atoms with E-state index in [1.54, 1.807) is 0 Å². The molecule has 2 aliphatic heterocycles. The molecular weight excluding hydrogens is 252 g/mol. The quantitative estimate of drug-likeness (QED) is 0.731. The van der Waals surface area contributed by atoms with Gasteiger partial charge in [-0.2, -0.15) is 0 Å². The molecule has 0 N–H and O–H groups in total. The van der Waals surface area contributed by atoms with Crippen molar-refractivity contribution in [3.63, 3.8) is 0 Å². The number of imide groups is 1. The average molecular weight is 282 g/mol. The van der Waals surface area contributed by atoms with Crippen molar-refractivity contribution in [1.29, 1.82) is 0 Å². The number of carbonyl (C=O) groups is 2. The fraction of sp³-hybridized carbons (Fsp3) is 0.875. The molecular formula is C16H30N2O2. The van der Waals surface area contributed by atoms with Gasteiger partial charge in [-0.25, -0.2) is 0 Å². The maximum Gasteiger partial charge on any atom is 0.236 e. The third-order valence-corrected chi connectivity index (χ3v) is 4.43. The Labute approximate surface area is 123 Å². The van der Waals surface area contributed by atoms with Crippen LogP contribution in [0, 0.1) is 5.41 Å².